The third-order valence-electron chi connectivity index (χ3n) is 3.73. The van der Waals surface area contributed by atoms with Crippen molar-refractivity contribution >= 4 is 58.2 Å². The minimum atomic E-state index is -0.482. The van der Waals surface area contributed by atoms with Gasteiger partial charge in [-0.1, -0.05) is 70.8 Å². The molecule has 1 amide bonds. The van der Waals surface area contributed by atoms with Crippen molar-refractivity contribution in [3.8, 4) is 0 Å². The molecule has 0 fully saturated rings. The van der Waals surface area contributed by atoms with Crippen molar-refractivity contribution in [3.05, 3.63) is 80.6 Å². The molecule has 4 nitrogen and oxygen atoms in total. The number of rotatable bonds is 5. The predicted molar refractivity (Wildman–Crippen MR) is 112 cm³/mol. The molecule has 8 heteroatoms. The number of halogens is 3. The van der Waals surface area contributed by atoms with E-state index in [9.17, 15) is 4.79 Å². The van der Waals surface area contributed by atoms with E-state index >= 15 is 0 Å². The van der Waals surface area contributed by atoms with Crippen LogP contribution < -0.4 is 5.32 Å². The summed E-state index contributed by atoms with van der Waals surface area (Å²) in [6, 6.07) is 12.9. The van der Waals surface area contributed by atoms with Crippen molar-refractivity contribution in [2.75, 3.05) is 5.32 Å². The van der Waals surface area contributed by atoms with Crippen molar-refractivity contribution < 1.29 is 4.79 Å². The van der Waals surface area contributed by atoms with Crippen LogP contribution in [0.15, 0.2) is 53.8 Å². The Balaban J connectivity index is 1.77. The van der Waals surface area contributed by atoms with Crippen LogP contribution in [0.25, 0.3) is 0 Å². The topological polar surface area (TPSA) is 54.9 Å². The third-order valence-corrected chi connectivity index (χ3v) is 5.48. The Morgan fingerprint density at radius 2 is 1.89 bits per heavy atom. The molecule has 0 aliphatic rings. The molecule has 27 heavy (non-hydrogen) atoms. The predicted octanol–water partition coefficient (Wildman–Crippen LogP) is 6.29. The zero-order valence-corrected chi connectivity index (χ0v) is 17.3. The molecule has 0 radical (unpaired) electrons. The first-order valence-corrected chi connectivity index (χ1v) is 10.0. The van der Waals surface area contributed by atoms with Crippen LogP contribution in [0, 0.1) is 6.92 Å². The summed E-state index contributed by atoms with van der Waals surface area (Å²) >= 11 is 19.6. The average Bonchev–Trinajstić information content (AvgIpc) is 2.65. The Hall–Kier alpha value is -1.79. The van der Waals surface area contributed by atoms with Gasteiger partial charge in [-0.3, -0.25) is 4.79 Å². The Morgan fingerprint density at radius 1 is 1.11 bits per heavy atom. The van der Waals surface area contributed by atoms with E-state index in [0.717, 1.165) is 0 Å². The fraction of sp³-hybridized carbons (Fsp3) is 0.105. The zero-order valence-electron chi connectivity index (χ0n) is 14.2. The lowest BCUT2D eigenvalue weighted by molar-refractivity contribution is 0.102. The number of thioether (sulfide) groups is 1. The van der Waals surface area contributed by atoms with Gasteiger partial charge in [-0.25, -0.2) is 9.97 Å². The summed E-state index contributed by atoms with van der Waals surface area (Å²) in [5.74, 6) is 0.208. The second-order valence-corrected chi connectivity index (χ2v) is 7.84. The van der Waals surface area contributed by atoms with Crippen LogP contribution in [0.1, 0.15) is 21.6 Å². The molecule has 3 aromatic rings. The van der Waals surface area contributed by atoms with Gasteiger partial charge in [0, 0.05) is 10.8 Å². The summed E-state index contributed by atoms with van der Waals surface area (Å²) in [5, 5.41) is 4.12. The number of carbonyl (C=O) groups is 1. The molecule has 138 valence electrons. The number of nitrogens with zero attached hydrogens (tertiary/aromatic N) is 2. The quantitative estimate of drug-likeness (QED) is 0.376. The number of hydrogen-bond donors (Lipinski definition) is 1. The summed E-state index contributed by atoms with van der Waals surface area (Å²) in [6.07, 6.45) is 1.42. The lowest BCUT2D eigenvalue weighted by Crippen LogP contribution is -2.15. The number of aromatic nitrogens is 2. The number of carbonyl (C=O) groups excluding carboxylic acids is 1. The lowest BCUT2D eigenvalue weighted by Gasteiger charge is -2.09. The van der Waals surface area contributed by atoms with Crippen LogP contribution in [-0.2, 0) is 5.75 Å². The SMILES string of the molecule is Cc1ccccc1CSc1ncc(Cl)c(C(=O)Nc2cc(Cl)ccc2Cl)n1. The minimum Gasteiger partial charge on any atom is -0.319 e. The van der Waals surface area contributed by atoms with Crippen LogP contribution in [0.2, 0.25) is 15.1 Å². The first kappa shape index (κ1) is 20.0. The molecule has 2 aromatic carbocycles. The largest absolute Gasteiger partial charge is 0.319 e. The molecule has 0 aliphatic carbocycles. The molecule has 3 rings (SSSR count). The molecule has 0 aliphatic heterocycles. The Labute approximate surface area is 176 Å². The smallest absolute Gasteiger partial charge is 0.276 e. The first-order valence-electron chi connectivity index (χ1n) is 7.90. The van der Waals surface area contributed by atoms with Gasteiger partial charge in [0.05, 0.1) is 21.9 Å². The highest BCUT2D eigenvalue weighted by Crippen LogP contribution is 2.27. The maximum absolute atomic E-state index is 12.6. The van der Waals surface area contributed by atoms with Crippen LogP contribution in [-0.4, -0.2) is 15.9 Å². The number of benzene rings is 2. The van der Waals surface area contributed by atoms with Crippen molar-refractivity contribution in [1.82, 2.24) is 9.97 Å². The van der Waals surface area contributed by atoms with E-state index in [1.54, 1.807) is 18.2 Å². The molecule has 0 saturated heterocycles. The molecule has 0 spiro atoms. The van der Waals surface area contributed by atoms with Gasteiger partial charge in [-0.15, -0.1) is 0 Å². The zero-order chi connectivity index (χ0) is 19.4. The normalized spacial score (nSPS) is 10.7. The van der Waals surface area contributed by atoms with Crippen LogP contribution in [0.5, 0.6) is 0 Å². The van der Waals surface area contributed by atoms with Crippen LogP contribution in [0.4, 0.5) is 5.69 Å². The fourth-order valence-electron chi connectivity index (χ4n) is 2.27. The third kappa shape index (κ3) is 5.14. The first-order chi connectivity index (χ1) is 12.9. The van der Waals surface area contributed by atoms with E-state index in [2.05, 4.69) is 15.3 Å². The minimum absolute atomic E-state index is 0.0787. The number of hydrogen-bond acceptors (Lipinski definition) is 4. The van der Waals surface area contributed by atoms with Gasteiger partial charge in [0.25, 0.3) is 5.91 Å². The molecule has 1 aromatic heterocycles. The van der Waals surface area contributed by atoms with Crippen molar-refractivity contribution in [2.45, 2.75) is 17.8 Å². The highest BCUT2D eigenvalue weighted by molar-refractivity contribution is 7.98. The maximum atomic E-state index is 12.6. The molecule has 0 bridgehead atoms. The highest BCUT2D eigenvalue weighted by atomic mass is 35.5. The highest BCUT2D eigenvalue weighted by Gasteiger charge is 2.16. The molecular formula is C19H14Cl3N3OS. The van der Waals surface area contributed by atoms with Gasteiger partial charge < -0.3 is 5.32 Å². The molecule has 0 saturated carbocycles. The van der Waals surface area contributed by atoms with Gasteiger partial charge in [0.2, 0.25) is 0 Å². The number of amides is 1. The van der Waals surface area contributed by atoms with E-state index in [-0.39, 0.29) is 10.7 Å². The summed E-state index contributed by atoms with van der Waals surface area (Å²) in [4.78, 5) is 21.1. The van der Waals surface area contributed by atoms with E-state index in [4.69, 9.17) is 34.8 Å². The number of aryl methyl sites for hydroxylation is 1. The number of nitrogens with one attached hydrogen (secondary N) is 1. The maximum Gasteiger partial charge on any atom is 0.276 e. The van der Waals surface area contributed by atoms with Crippen LogP contribution >= 0.6 is 46.6 Å². The van der Waals surface area contributed by atoms with Crippen molar-refractivity contribution in [3.63, 3.8) is 0 Å². The summed E-state index contributed by atoms with van der Waals surface area (Å²) in [7, 11) is 0. The Bertz CT molecular complexity index is 998. The van der Waals surface area contributed by atoms with E-state index in [1.165, 1.54) is 29.1 Å². The van der Waals surface area contributed by atoms with Gasteiger partial charge in [-0.2, -0.15) is 0 Å². The second-order valence-electron chi connectivity index (χ2n) is 5.64. The van der Waals surface area contributed by atoms with Gasteiger partial charge in [0.15, 0.2) is 10.9 Å². The van der Waals surface area contributed by atoms with Crippen LogP contribution in [0.3, 0.4) is 0 Å². The van der Waals surface area contributed by atoms with E-state index < -0.39 is 5.91 Å². The van der Waals surface area contributed by atoms with Gasteiger partial charge in [0.1, 0.15) is 0 Å². The summed E-state index contributed by atoms with van der Waals surface area (Å²) in [5.41, 5.74) is 2.83. The van der Waals surface area contributed by atoms with Gasteiger partial charge in [-0.05, 0) is 36.2 Å². The molecule has 1 heterocycles. The standard InChI is InChI=1S/C19H14Cl3N3OS/c1-11-4-2-3-5-12(11)10-27-19-23-9-15(22)17(25-19)18(26)24-16-8-13(20)6-7-14(16)21/h2-9H,10H2,1H3,(H,24,26). The van der Waals surface area contributed by atoms with Gasteiger partial charge >= 0.3 is 0 Å². The van der Waals surface area contributed by atoms with E-state index in [0.29, 0.717) is 26.6 Å². The number of anilines is 1. The Morgan fingerprint density at radius 3 is 2.67 bits per heavy atom. The average molecular weight is 439 g/mol. The lowest BCUT2D eigenvalue weighted by atomic mass is 10.1. The monoisotopic (exact) mass is 437 g/mol. The summed E-state index contributed by atoms with van der Waals surface area (Å²) in [6.45, 7) is 2.05. The summed E-state index contributed by atoms with van der Waals surface area (Å²) < 4.78 is 0. The molecular weight excluding hydrogens is 425 g/mol. The Kier molecular flexibility index (Phi) is 6.60. The fourth-order valence-corrected chi connectivity index (χ4v) is 3.67. The molecule has 0 unspecified atom stereocenters. The van der Waals surface area contributed by atoms with Crippen molar-refractivity contribution in [2.24, 2.45) is 0 Å². The van der Waals surface area contributed by atoms with Crippen molar-refractivity contribution in [1.29, 1.82) is 0 Å². The second kappa shape index (κ2) is 8.93. The molecule has 1 N–H and O–H groups in total. The molecule has 0 atom stereocenters. The van der Waals surface area contributed by atoms with E-state index in [1.807, 2.05) is 31.2 Å².